The summed E-state index contributed by atoms with van der Waals surface area (Å²) >= 11 is 0. The Bertz CT molecular complexity index is 574. The number of hydroxylamine groups is 2. The van der Waals surface area contributed by atoms with E-state index in [1.165, 1.54) is 6.42 Å². The Kier molecular flexibility index (Phi) is 5.35. The van der Waals surface area contributed by atoms with Crippen LogP contribution in [0.2, 0.25) is 0 Å². The van der Waals surface area contributed by atoms with Gasteiger partial charge in [0.05, 0.1) is 6.54 Å². The van der Waals surface area contributed by atoms with Crippen LogP contribution in [-0.2, 0) is 4.84 Å². The third-order valence-corrected chi connectivity index (χ3v) is 4.76. The van der Waals surface area contributed by atoms with Crippen molar-refractivity contribution in [3.63, 3.8) is 0 Å². The molecule has 0 saturated carbocycles. The molecule has 0 aliphatic carbocycles. The number of piperidine rings is 1. The van der Waals surface area contributed by atoms with Crippen molar-refractivity contribution in [2.24, 2.45) is 5.11 Å². The summed E-state index contributed by atoms with van der Waals surface area (Å²) in [6, 6.07) is 8.13. The molecule has 2 rings (SSSR count). The molecule has 1 heterocycles. The second-order valence-electron chi connectivity index (χ2n) is 7.64. The average Bonchev–Trinajstić information content (AvgIpc) is 2.46. The molecule has 0 radical (unpaired) electrons. The molecule has 0 bridgehead atoms. The molecular formula is C18H28N4O. The predicted octanol–water partition coefficient (Wildman–Crippen LogP) is 5.32. The van der Waals surface area contributed by atoms with E-state index in [1.807, 2.05) is 12.1 Å². The minimum absolute atomic E-state index is 0.0426. The van der Waals surface area contributed by atoms with Gasteiger partial charge in [-0.25, -0.2) is 0 Å². The third-order valence-electron chi connectivity index (χ3n) is 4.76. The van der Waals surface area contributed by atoms with Gasteiger partial charge < -0.3 is 0 Å². The molecule has 1 aromatic rings. The average molecular weight is 316 g/mol. The van der Waals surface area contributed by atoms with Crippen LogP contribution in [0.3, 0.4) is 0 Å². The summed E-state index contributed by atoms with van der Waals surface area (Å²) in [7, 11) is 0. The Morgan fingerprint density at radius 2 is 1.83 bits per heavy atom. The van der Waals surface area contributed by atoms with Crippen LogP contribution >= 0.6 is 0 Å². The van der Waals surface area contributed by atoms with Crippen LogP contribution < -0.4 is 0 Å². The Morgan fingerprint density at radius 3 is 2.39 bits per heavy atom. The maximum Gasteiger partial charge on any atom is 0.110 e. The van der Waals surface area contributed by atoms with E-state index in [0.717, 1.165) is 24.0 Å². The van der Waals surface area contributed by atoms with E-state index in [9.17, 15) is 0 Å². The van der Waals surface area contributed by atoms with Gasteiger partial charge in [-0.15, -0.1) is 0 Å². The number of rotatable bonds is 5. The highest BCUT2D eigenvalue weighted by atomic mass is 16.7. The van der Waals surface area contributed by atoms with Crippen molar-refractivity contribution in [3.8, 4) is 0 Å². The molecule has 0 N–H and O–H groups in total. The fourth-order valence-electron chi connectivity index (χ4n) is 3.64. The summed E-state index contributed by atoms with van der Waals surface area (Å²) in [4.78, 5) is 9.38. The zero-order valence-corrected chi connectivity index (χ0v) is 14.9. The van der Waals surface area contributed by atoms with Crippen molar-refractivity contribution in [2.45, 2.75) is 71.1 Å². The SMILES string of the molecule is Cc1ccccc1C(CN=[N+]=[N-])ON1C(C)(C)CCCC1(C)C. The van der Waals surface area contributed by atoms with Crippen molar-refractivity contribution in [1.82, 2.24) is 5.06 Å². The molecule has 1 fully saturated rings. The fourth-order valence-corrected chi connectivity index (χ4v) is 3.64. The Hall–Kier alpha value is -1.55. The van der Waals surface area contributed by atoms with Crippen LogP contribution in [0.5, 0.6) is 0 Å². The quantitative estimate of drug-likeness (QED) is 0.419. The van der Waals surface area contributed by atoms with Gasteiger partial charge in [-0.3, -0.25) is 4.84 Å². The van der Waals surface area contributed by atoms with Gasteiger partial charge in [0.15, 0.2) is 0 Å². The molecule has 0 amide bonds. The van der Waals surface area contributed by atoms with Gasteiger partial charge in [-0.2, -0.15) is 5.06 Å². The van der Waals surface area contributed by atoms with Crippen molar-refractivity contribution in [1.29, 1.82) is 0 Å². The van der Waals surface area contributed by atoms with Gasteiger partial charge in [0.1, 0.15) is 6.10 Å². The Balaban J connectivity index is 2.33. The van der Waals surface area contributed by atoms with Crippen LogP contribution in [0.15, 0.2) is 29.4 Å². The maximum atomic E-state index is 8.73. The molecule has 126 valence electrons. The summed E-state index contributed by atoms with van der Waals surface area (Å²) in [6.45, 7) is 11.2. The number of azide groups is 1. The van der Waals surface area contributed by atoms with E-state index >= 15 is 0 Å². The van der Waals surface area contributed by atoms with Crippen LogP contribution in [-0.4, -0.2) is 22.7 Å². The number of aryl methyl sites for hydroxylation is 1. The van der Waals surface area contributed by atoms with E-state index < -0.39 is 0 Å². The number of hydrogen-bond acceptors (Lipinski definition) is 3. The highest BCUT2D eigenvalue weighted by Crippen LogP contribution is 2.40. The van der Waals surface area contributed by atoms with Crippen LogP contribution in [0.4, 0.5) is 0 Å². The molecule has 1 aliphatic heterocycles. The highest BCUT2D eigenvalue weighted by Gasteiger charge is 2.43. The number of benzene rings is 1. The monoisotopic (exact) mass is 316 g/mol. The summed E-state index contributed by atoms with van der Waals surface area (Å²) in [6.07, 6.45) is 3.13. The summed E-state index contributed by atoms with van der Waals surface area (Å²) in [5.41, 5.74) is 10.9. The minimum atomic E-state index is -0.260. The largest absolute Gasteiger partial charge is 0.290 e. The lowest BCUT2D eigenvalue weighted by molar-refractivity contribution is -0.305. The standard InChI is InChI=1S/C18H28N4O/c1-14-9-6-7-10-15(14)16(13-20-21-19)23-22-17(2,3)11-8-12-18(22,4)5/h6-7,9-10,16H,8,11-13H2,1-5H3. The fraction of sp³-hybridized carbons (Fsp3) is 0.667. The van der Waals surface area contributed by atoms with E-state index in [-0.39, 0.29) is 17.2 Å². The summed E-state index contributed by atoms with van der Waals surface area (Å²) in [5, 5.41) is 5.91. The molecule has 1 saturated heterocycles. The molecule has 1 aliphatic rings. The highest BCUT2D eigenvalue weighted by molar-refractivity contribution is 5.28. The zero-order chi connectivity index (χ0) is 17.1. The Morgan fingerprint density at radius 1 is 1.22 bits per heavy atom. The first-order valence-corrected chi connectivity index (χ1v) is 8.31. The molecule has 1 unspecified atom stereocenters. The van der Waals surface area contributed by atoms with Gasteiger partial charge in [-0.05, 0) is 70.5 Å². The summed E-state index contributed by atoms with van der Waals surface area (Å²) < 4.78 is 0. The molecule has 5 heteroatoms. The van der Waals surface area contributed by atoms with Crippen molar-refractivity contribution in [3.05, 3.63) is 45.8 Å². The first kappa shape index (κ1) is 17.8. The molecule has 1 atom stereocenters. The lowest BCUT2D eigenvalue weighted by atomic mass is 9.82. The molecular weight excluding hydrogens is 288 g/mol. The molecule has 5 nitrogen and oxygen atoms in total. The van der Waals surface area contributed by atoms with Gasteiger partial charge in [0, 0.05) is 16.0 Å². The first-order valence-electron chi connectivity index (χ1n) is 8.31. The minimum Gasteiger partial charge on any atom is -0.290 e. The second kappa shape index (κ2) is 6.91. The topological polar surface area (TPSA) is 61.2 Å². The predicted molar refractivity (Wildman–Crippen MR) is 92.9 cm³/mol. The molecule has 1 aromatic carbocycles. The second-order valence-corrected chi connectivity index (χ2v) is 7.64. The number of hydrogen-bond donors (Lipinski definition) is 0. The first-order chi connectivity index (χ1) is 10.8. The molecule has 23 heavy (non-hydrogen) atoms. The Labute approximate surface area is 139 Å². The van der Waals surface area contributed by atoms with Crippen LogP contribution in [0, 0.1) is 6.92 Å². The smallest absolute Gasteiger partial charge is 0.110 e. The van der Waals surface area contributed by atoms with Gasteiger partial charge >= 0.3 is 0 Å². The normalized spacial score (nSPS) is 21.4. The van der Waals surface area contributed by atoms with Crippen molar-refractivity contribution >= 4 is 0 Å². The number of nitrogens with zero attached hydrogens (tertiary/aromatic N) is 4. The lowest BCUT2D eigenvalue weighted by Crippen LogP contribution is -2.58. The molecule has 0 spiro atoms. The van der Waals surface area contributed by atoms with E-state index in [2.05, 4.69) is 61.8 Å². The lowest BCUT2D eigenvalue weighted by Gasteiger charge is -2.52. The van der Waals surface area contributed by atoms with Crippen LogP contribution in [0.1, 0.15) is 64.2 Å². The van der Waals surface area contributed by atoms with E-state index in [1.54, 1.807) is 0 Å². The van der Waals surface area contributed by atoms with Crippen molar-refractivity contribution in [2.75, 3.05) is 6.54 Å². The van der Waals surface area contributed by atoms with Gasteiger partial charge in [-0.1, -0.05) is 29.4 Å². The van der Waals surface area contributed by atoms with E-state index in [4.69, 9.17) is 10.4 Å². The summed E-state index contributed by atoms with van der Waals surface area (Å²) in [5.74, 6) is 0. The van der Waals surface area contributed by atoms with Gasteiger partial charge in [0.2, 0.25) is 0 Å². The third kappa shape index (κ3) is 4.05. The van der Waals surface area contributed by atoms with Gasteiger partial charge in [0.25, 0.3) is 0 Å². The van der Waals surface area contributed by atoms with Crippen LogP contribution in [0.25, 0.3) is 10.4 Å². The van der Waals surface area contributed by atoms with E-state index in [0.29, 0.717) is 6.54 Å². The zero-order valence-electron chi connectivity index (χ0n) is 14.9. The maximum absolute atomic E-state index is 8.73. The van der Waals surface area contributed by atoms with Crippen molar-refractivity contribution < 1.29 is 4.84 Å². The molecule has 0 aromatic heterocycles.